The summed E-state index contributed by atoms with van der Waals surface area (Å²) in [5.41, 5.74) is 10.1. The molecule has 0 atom stereocenters. The third kappa shape index (κ3) is 2.20. The number of benzene rings is 1. The van der Waals surface area contributed by atoms with Gasteiger partial charge < -0.3 is 5.73 Å². The highest BCUT2D eigenvalue weighted by molar-refractivity contribution is 5.73. The minimum absolute atomic E-state index is 0.521. The minimum Gasteiger partial charge on any atom is -0.382 e. The first-order chi connectivity index (χ1) is 9.24. The van der Waals surface area contributed by atoms with Crippen LogP contribution in [0.3, 0.4) is 0 Å². The van der Waals surface area contributed by atoms with Gasteiger partial charge in [-0.25, -0.2) is 4.68 Å². The van der Waals surface area contributed by atoms with Gasteiger partial charge >= 0.3 is 0 Å². The Hall–Kier alpha value is -2.62. The first-order valence-corrected chi connectivity index (χ1v) is 6.06. The topological polar surface area (TPSA) is 56.7 Å². The zero-order valence-electron chi connectivity index (χ0n) is 10.6. The van der Waals surface area contributed by atoms with Crippen LogP contribution in [0.15, 0.2) is 55.0 Å². The summed E-state index contributed by atoms with van der Waals surface area (Å²) in [5.74, 6) is 0.521. The van der Waals surface area contributed by atoms with Gasteiger partial charge in [0.2, 0.25) is 0 Å². The third-order valence-corrected chi connectivity index (χ3v) is 3.00. The largest absolute Gasteiger partial charge is 0.382 e. The van der Waals surface area contributed by atoms with Gasteiger partial charge in [-0.2, -0.15) is 5.10 Å². The number of aromatic nitrogens is 3. The van der Waals surface area contributed by atoms with Gasteiger partial charge in [0, 0.05) is 24.2 Å². The van der Waals surface area contributed by atoms with Crippen LogP contribution in [0, 0.1) is 6.92 Å². The number of aryl methyl sites for hydroxylation is 1. The maximum absolute atomic E-state index is 6.00. The van der Waals surface area contributed by atoms with Gasteiger partial charge in [-0.1, -0.05) is 12.1 Å². The quantitative estimate of drug-likeness (QED) is 0.760. The Labute approximate surface area is 111 Å². The average Bonchev–Trinajstić information content (AvgIpc) is 2.82. The molecule has 0 aliphatic carbocycles. The van der Waals surface area contributed by atoms with Crippen LogP contribution in [0.1, 0.15) is 5.56 Å². The number of nitrogens with zero attached hydrogens (tertiary/aromatic N) is 3. The van der Waals surface area contributed by atoms with E-state index in [0.717, 1.165) is 16.8 Å². The molecule has 0 fully saturated rings. The summed E-state index contributed by atoms with van der Waals surface area (Å²) in [6, 6.07) is 12.0. The summed E-state index contributed by atoms with van der Waals surface area (Å²) in [6.07, 6.45) is 5.44. The summed E-state index contributed by atoms with van der Waals surface area (Å²) >= 11 is 0. The molecule has 3 rings (SSSR count). The van der Waals surface area contributed by atoms with E-state index in [1.165, 1.54) is 5.56 Å². The molecule has 2 N–H and O–H groups in total. The average molecular weight is 250 g/mol. The van der Waals surface area contributed by atoms with E-state index in [4.69, 9.17) is 5.73 Å². The smallest absolute Gasteiger partial charge is 0.153 e. The van der Waals surface area contributed by atoms with Crippen molar-refractivity contribution in [3.63, 3.8) is 0 Å². The number of hydrogen-bond donors (Lipinski definition) is 1. The van der Waals surface area contributed by atoms with E-state index in [1.807, 2.05) is 30.5 Å². The molecule has 0 aliphatic rings. The predicted octanol–water partition coefficient (Wildman–Crippen LogP) is 2.82. The van der Waals surface area contributed by atoms with Gasteiger partial charge in [0.1, 0.15) is 0 Å². The number of nitrogens with two attached hydrogens (primary N) is 1. The van der Waals surface area contributed by atoms with Crippen LogP contribution >= 0.6 is 0 Å². The Morgan fingerprint density at radius 2 is 1.89 bits per heavy atom. The SMILES string of the molecule is Cc1cccc(-n2cc(-c3ccncc3)c(N)n2)c1. The molecule has 2 heterocycles. The summed E-state index contributed by atoms with van der Waals surface area (Å²) in [4.78, 5) is 4.01. The van der Waals surface area contributed by atoms with Crippen molar-refractivity contribution >= 4 is 5.82 Å². The molecule has 0 saturated carbocycles. The fourth-order valence-electron chi connectivity index (χ4n) is 2.04. The molecule has 0 radical (unpaired) electrons. The normalized spacial score (nSPS) is 10.6. The monoisotopic (exact) mass is 250 g/mol. The molecule has 94 valence electrons. The molecule has 2 aromatic heterocycles. The van der Waals surface area contributed by atoms with E-state index >= 15 is 0 Å². The third-order valence-electron chi connectivity index (χ3n) is 3.00. The Kier molecular flexibility index (Phi) is 2.76. The Morgan fingerprint density at radius 1 is 1.11 bits per heavy atom. The highest BCUT2D eigenvalue weighted by atomic mass is 15.3. The second-order valence-electron chi connectivity index (χ2n) is 4.45. The molecule has 0 spiro atoms. The standard InChI is InChI=1S/C15H14N4/c1-11-3-2-4-13(9-11)19-10-14(15(16)18-19)12-5-7-17-8-6-12/h2-10H,1H3,(H2,16,18). The number of rotatable bonds is 2. The van der Waals surface area contributed by atoms with Crippen molar-refractivity contribution in [1.29, 1.82) is 0 Å². The lowest BCUT2D eigenvalue weighted by molar-refractivity contribution is 0.884. The first-order valence-electron chi connectivity index (χ1n) is 6.06. The lowest BCUT2D eigenvalue weighted by atomic mass is 10.1. The van der Waals surface area contributed by atoms with Crippen molar-refractivity contribution in [1.82, 2.24) is 14.8 Å². The van der Waals surface area contributed by atoms with Gasteiger partial charge in [0.05, 0.1) is 5.69 Å². The summed E-state index contributed by atoms with van der Waals surface area (Å²) in [6.45, 7) is 2.06. The van der Waals surface area contributed by atoms with Gasteiger partial charge in [-0.3, -0.25) is 4.98 Å². The molecule has 0 unspecified atom stereocenters. The van der Waals surface area contributed by atoms with Crippen LogP contribution in [0.4, 0.5) is 5.82 Å². The zero-order valence-corrected chi connectivity index (χ0v) is 10.6. The summed E-state index contributed by atoms with van der Waals surface area (Å²) in [7, 11) is 0. The fraction of sp³-hybridized carbons (Fsp3) is 0.0667. The highest BCUT2D eigenvalue weighted by Gasteiger charge is 2.09. The van der Waals surface area contributed by atoms with E-state index in [1.54, 1.807) is 17.1 Å². The van der Waals surface area contributed by atoms with Crippen LogP contribution in [-0.4, -0.2) is 14.8 Å². The molecule has 0 saturated heterocycles. The van der Waals surface area contributed by atoms with Crippen LogP contribution in [0.25, 0.3) is 16.8 Å². The molecular weight excluding hydrogens is 236 g/mol. The predicted molar refractivity (Wildman–Crippen MR) is 75.9 cm³/mol. The Morgan fingerprint density at radius 3 is 2.63 bits per heavy atom. The second-order valence-corrected chi connectivity index (χ2v) is 4.45. The van der Waals surface area contributed by atoms with E-state index in [-0.39, 0.29) is 0 Å². The first kappa shape index (κ1) is 11.5. The number of anilines is 1. The van der Waals surface area contributed by atoms with E-state index in [0.29, 0.717) is 5.82 Å². The van der Waals surface area contributed by atoms with Gasteiger partial charge in [-0.05, 0) is 42.3 Å². The van der Waals surface area contributed by atoms with E-state index < -0.39 is 0 Å². The zero-order chi connectivity index (χ0) is 13.2. The molecule has 0 aliphatic heterocycles. The minimum atomic E-state index is 0.521. The molecule has 19 heavy (non-hydrogen) atoms. The second kappa shape index (κ2) is 4.57. The van der Waals surface area contributed by atoms with Crippen LogP contribution < -0.4 is 5.73 Å². The molecular formula is C15H14N4. The van der Waals surface area contributed by atoms with Crippen LogP contribution in [0.5, 0.6) is 0 Å². The van der Waals surface area contributed by atoms with Crippen molar-refractivity contribution in [2.75, 3.05) is 5.73 Å². The van der Waals surface area contributed by atoms with Crippen molar-refractivity contribution < 1.29 is 0 Å². The van der Waals surface area contributed by atoms with Crippen molar-refractivity contribution in [3.05, 3.63) is 60.6 Å². The van der Waals surface area contributed by atoms with Gasteiger partial charge in [0.15, 0.2) is 5.82 Å². The highest BCUT2D eigenvalue weighted by Crippen LogP contribution is 2.25. The molecule has 0 amide bonds. The fourth-order valence-corrected chi connectivity index (χ4v) is 2.04. The van der Waals surface area contributed by atoms with Crippen molar-refractivity contribution in [3.8, 4) is 16.8 Å². The van der Waals surface area contributed by atoms with E-state index in [9.17, 15) is 0 Å². The number of hydrogen-bond acceptors (Lipinski definition) is 3. The molecule has 1 aromatic carbocycles. The van der Waals surface area contributed by atoms with Crippen molar-refractivity contribution in [2.45, 2.75) is 6.92 Å². The van der Waals surface area contributed by atoms with Crippen LogP contribution in [0.2, 0.25) is 0 Å². The summed E-state index contributed by atoms with van der Waals surface area (Å²) in [5, 5.41) is 4.37. The van der Waals surface area contributed by atoms with Crippen molar-refractivity contribution in [2.24, 2.45) is 0 Å². The van der Waals surface area contributed by atoms with Gasteiger partial charge in [-0.15, -0.1) is 0 Å². The number of nitrogen functional groups attached to an aromatic ring is 1. The lowest BCUT2D eigenvalue weighted by Crippen LogP contribution is -1.96. The molecule has 4 nitrogen and oxygen atoms in total. The maximum Gasteiger partial charge on any atom is 0.153 e. The lowest BCUT2D eigenvalue weighted by Gasteiger charge is -2.01. The summed E-state index contributed by atoms with van der Waals surface area (Å²) < 4.78 is 1.80. The maximum atomic E-state index is 6.00. The molecule has 3 aromatic rings. The molecule has 0 bridgehead atoms. The van der Waals surface area contributed by atoms with E-state index in [2.05, 4.69) is 29.1 Å². The Bertz CT molecular complexity index is 701. The Balaban J connectivity index is 2.07. The van der Waals surface area contributed by atoms with Gasteiger partial charge in [0.25, 0.3) is 0 Å². The molecule has 4 heteroatoms. The van der Waals surface area contributed by atoms with Crippen LogP contribution in [-0.2, 0) is 0 Å². The number of pyridine rings is 1.